The van der Waals surface area contributed by atoms with E-state index < -0.39 is 0 Å². The first-order valence-corrected chi connectivity index (χ1v) is 8.11. The van der Waals surface area contributed by atoms with Crippen molar-refractivity contribution >= 4 is 11.6 Å². The van der Waals surface area contributed by atoms with Gasteiger partial charge in [0, 0.05) is 49.6 Å². The Bertz CT molecular complexity index is 567. The molecule has 1 aliphatic heterocycles. The summed E-state index contributed by atoms with van der Waals surface area (Å²) >= 11 is 6.43. The average Bonchev–Trinajstić information content (AvgIpc) is 3.07. The predicted octanol–water partition coefficient (Wildman–Crippen LogP) is 2.83. The second kappa shape index (κ2) is 7.79. The minimum absolute atomic E-state index is 0.275. The lowest BCUT2D eigenvalue weighted by atomic mass is 10.0. The monoisotopic (exact) mass is 319 g/mol. The van der Waals surface area contributed by atoms with Crippen LogP contribution in [0.5, 0.6) is 0 Å². The van der Waals surface area contributed by atoms with Crippen LogP contribution in [0, 0.1) is 0 Å². The van der Waals surface area contributed by atoms with E-state index in [4.69, 9.17) is 16.3 Å². The van der Waals surface area contributed by atoms with Gasteiger partial charge in [0.1, 0.15) is 0 Å². The van der Waals surface area contributed by atoms with Crippen LogP contribution in [-0.4, -0.2) is 42.7 Å². The van der Waals surface area contributed by atoms with Gasteiger partial charge in [0.15, 0.2) is 0 Å². The first-order chi connectivity index (χ1) is 10.8. The summed E-state index contributed by atoms with van der Waals surface area (Å²) < 4.78 is 5.48. The molecule has 1 unspecified atom stereocenters. The second-order valence-electron chi connectivity index (χ2n) is 5.54. The van der Waals surface area contributed by atoms with Gasteiger partial charge in [0.05, 0.1) is 13.2 Å². The molecule has 5 heteroatoms. The number of aromatic amines is 1. The van der Waals surface area contributed by atoms with Gasteiger partial charge in [-0.2, -0.15) is 0 Å². The van der Waals surface area contributed by atoms with Crippen LogP contribution in [0.3, 0.4) is 0 Å². The number of benzene rings is 1. The lowest BCUT2D eigenvalue weighted by Gasteiger charge is -2.35. The third kappa shape index (κ3) is 3.90. The molecule has 4 nitrogen and oxygen atoms in total. The molecular weight excluding hydrogens is 298 g/mol. The fourth-order valence-electron chi connectivity index (χ4n) is 2.89. The summed E-state index contributed by atoms with van der Waals surface area (Å²) in [7, 11) is 0. The Balaban J connectivity index is 1.69. The van der Waals surface area contributed by atoms with Crippen LogP contribution in [0.4, 0.5) is 0 Å². The first-order valence-electron chi connectivity index (χ1n) is 7.73. The number of nitrogens with one attached hydrogen (secondary N) is 2. The maximum Gasteiger partial charge on any atom is 0.0594 e. The molecule has 1 saturated heterocycles. The summed E-state index contributed by atoms with van der Waals surface area (Å²) in [6, 6.07) is 10.5. The molecule has 22 heavy (non-hydrogen) atoms. The number of rotatable bonds is 6. The summed E-state index contributed by atoms with van der Waals surface area (Å²) in [4.78, 5) is 5.54. The van der Waals surface area contributed by atoms with Crippen molar-refractivity contribution in [3.63, 3.8) is 0 Å². The van der Waals surface area contributed by atoms with Crippen molar-refractivity contribution in [2.75, 3.05) is 32.8 Å². The van der Waals surface area contributed by atoms with Gasteiger partial charge in [-0.05, 0) is 23.3 Å². The van der Waals surface area contributed by atoms with Crippen LogP contribution in [0.25, 0.3) is 0 Å². The number of hydrogen-bond acceptors (Lipinski definition) is 3. The Morgan fingerprint density at radius 1 is 1.23 bits per heavy atom. The second-order valence-corrected chi connectivity index (χ2v) is 5.94. The van der Waals surface area contributed by atoms with Crippen molar-refractivity contribution in [3.8, 4) is 0 Å². The van der Waals surface area contributed by atoms with E-state index in [2.05, 4.69) is 33.4 Å². The van der Waals surface area contributed by atoms with Crippen molar-refractivity contribution in [1.82, 2.24) is 15.2 Å². The van der Waals surface area contributed by atoms with Gasteiger partial charge in [0.25, 0.3) is 0 Å². The van der Waals surface area contributed by atoms with E-state index in [-0.39, 0.29) is 6.04 Å². The summed E-state index contributed by atoms with van der Waals surface area (Å²) in [6.45, 7) is 5.20. The Labute approximate surface area is 136 Å². The van der Waals surface area contributed by atoms with Gasteiger partial charge < -0.3 is 15.0 Å². The largest absolute Gasteiger partial charge is 0.379 e. The zero-order valence-corrected chi connectivity index (χ0v) is 13.4. The third-order valence-electron chi connectivity index (χ3n) is 4.08. The SMILES string of the molecule is Clc1ccccc1C(CNCc1cc[nH]c1)N1CCOCC1. The van der Waals surface area contributed by atoms with Gasteiger partial charge in [-0.3, -0.25) is 4.90 Å². The van der Waals surface area contributed by atoms with Gasteiger partial charge in [0.2, 0.25) is 0 Å². The molecular formula is C17H22ClN3O. The Kier molecular flexibility index (Phi) is 5.51. The van der Waals surface area contributed by atoms with E-state index in [9.17, 15) is 0 Å². The Hall–Kier alpha value is -1.33. The highest BCUT2D eigenvalue weighted by Gasteiger charge is 2.23. The fraction of sp³-hybridized carbons (Fsp3) is 0.412. The predicted molar refractivity (Wildman–Crippen MR) is 89.1 cm³/mol. The van der Waals surface area contributed by atoms with Crippen LogP contribution < -0.4 is 5.32 Å². The highest BCUT2D eigenvalue weighted by molar-refractivity contribution is 6.31. The van der Waals surface area contributed by atoms with Crippen molar-refractivity contribution in [2.45, 2.75) is 12.6 Å². The average molecular weight is 320 g/mol. The molecule has 1 aromatic heterocycles. The molecule has 1 aromatic carbocycles. The standard InChI is InChI=1S/C17H22ClN3O/c18-16-4-2-1-3-15(16)17(21-7-9-22-10-8-21)13-20-12-14-5-6-19-11-14/h1-6,11,17,19-20H,7-10,12-13H2. The zero-order chi connectivity index (χ0) is 15.2. The summed E-state index contributed by atoms with van der Waals surface area (Å²) in [5, 5.41) is 4.39. The van der Waals surface area contributed by atoms with E-state index >= 15 is 0 Å². The van der Waals surface area contributed by atoms with Crippen LogP contribution in [-0.2, 0) is 11.3 Å². The molecule has 118 valence electrons. The van der Waals surface area contributed by atoms with E-state index in [1.54, 1.807) is 0 Å². The molecule has 0 amide bonds. The maximum absolute atomic E-state index is 6.43. The minimum Gasteiger partial charge on any atom is -0.379 e. The van der Waals surface area contributed by atoms with E-state index in [0.29, 0.717) is 0 Å². The smallest absolute Gasteiger partial charge is 0.0594 e. The van der Waals surface area contributed by atoms with Crippen molar-refractivity contribution in [2.24, 2.45) is 0 Å². The molecule has 0 bridgehead atoms. The molecule has 0 saturated carbocycles. The number of ether oxygens (including phenoxy) is 1. The van der Waals surface area contributed by atoms with Crippen molar-refractivity contribution in [1.29, 1.82) is 0 Å². The molecule has 1 atom stereocenters. The molecule has 2 heterocycles. The number of aromatic nitrogens is 1. The summed E-state index contributed by atoms with van der Waals surface area (Å²) in [5.74, 6) is 0. The normalized spacial score (nSPS) is 17.5. The molecule has 2 N–H and O–H groups in total. The number of hydrogen-bond donors (Lipinski definition) is 2. The lowest BCUT2D eigenvalue weighted by Crippen LogP contribution is -2.42. The first kappa shape index (κ1) is 15.6. The van der Waals surface area contributed by atoms with Crippen LogP contribution >= 0.6 is 11.6 Å². The Morgan fingerprint density at radius 3 is 2.77 bits per heavy atom. The highest BCUT2D eigenvalue weighted by Crippen LogP contribution is 2.27. The van der Waals surface area contributed by atoms with E-state index in [1.807, 2.05) is 24.5 Å². The van der Waals surface area contributed by atoms with Gasteiger partial charge in [-0.15, -0.1) is 0 Å². The van der Waals surface area contributed by atoms with E-state index in [0.717, 1.165) is 44.4 Å². The molecule has 3 rings (SSSR count). The molecule has 1 fully saturated rings. The molecule has 0 aliphatic carbocycles. The van der Waals surface area contributed by atoms with Gasteiger partial charge in [-0.25, -0.2) is 0 Å². The van der Waals surface area contributed by atoms with E-state index in [1.165, 1.54) is 11.1 Å². The topological polar surface area (TPSA) is 40.3 Å². The van der Waals surface area contributed by atoms with Crippen molar-refractivity contribution in [3.05, 3.63) is 58.9 Å². The van der Waals surface area contributed by atoms with Crippen LogP contribution in [0.15, 0.2) is 42.7 Å². The number of morpholine rings is 1. The molecule has 2 aromatic rings. The summed E-state index contributed by atoms with van der Waals surface area (Å²) in [6.07, 6.45) is 3.97. The fourth-order valence-corrected chi connectivity index (χ4v) is 3.15. The van der Waals surface area contributed by atoms with Gasteiger partial charge in [-0.1, -0.05) is 29.8 Å². The van der Waals surface area contributed by atoms with Crippen LogP contribution in [0.1, 0.15) is 17.2 Å². The molecule has 0 spiro atoms. The van der Waals surface area contributed by atoms with Crippen LogP contribution in [0.2, 0.25) is 5.02 Å². The highest BCUT2D eigenvalue weighted by atomic mass is 35.5. The third-order valence-corrected chi connectivity index (χ3v) is 4.42. The lowest BCUT2D eigenvalue weighted by molar-refractivity contribution is 0.0161. The molecule has 0 radical (unpaired) electrons. The quantitative estimate of drug-likeness (QED) is 0.860. The number of H-pyrrole nitrogens is 1. The summed E-state index contributed by atoms with van der Waals surface area (Å²) in [5.41, 5.74) is 2.45. The number of halogens is 1. The molecule has 1 aliphatic rings. The minimum atomic E-state index is 0.275. The number of nitrogens with zero attached hydrogens (tertiary/aromatic N) is 1. The van der Waals surface area contributed by atoms with Crippen molar-refractivity contribution < 1.29 is 4.74 Å². The van der Waals surface area contributed by atoms with Gasteiger partial charge >= 0.3 is 0 Å². The Morgan fingerprint density at radius 2 is 2.05 bits per heavy atom. The maximum atomic E-state index is 6.43. The zero-order valence-electron chi connectivity index (χ0n) is 12.6.